The number of nitrogens with zero attached hydrogens (tertiary/aromatic N) is 5. The van der Waals surface area contributed by atoms with E-state index in [0.717, 1.165) is 25.5 Å². The molecule has 42 heavy (non-hydrogen) atoms. The third kappa shape index (κ3) is 5.76. The molecule has 0 radical (unpaired) electrons. The van der Waals surface area contributed by atoms with Crippen molar-refractivity contribution >= 4 is 17.4 Å². The maximum Gasteiger partial charge on any atom is 0.417 e. The molecule has 1 aromatic carbocycles. The molecule has 9 nitrogen and oxygen atoms in total. The smallest absolute Gasteiger partial charge is 0.417 e. The highest BCUT2D eigenvalue weighted by molar-refractivity contribution is 5.87. The van der Waals surface area contributed by atoms with E-state index in [4.69, 9.17) is 20.2 Å². The topological polar surface area (TPSA) is 97.0 Å². The van der Waals surface area contributed by atoms with Gasteiger partial charge in [0.25, 0.3) is 0 Å². The van der Waals surface area contributed by atoms with Crippen LogP contribution in [0, 0.1) is 12.7 Å². The second-order valence-electron chi connectivity index (χ2n) is 11.3. The summed E-state index contributed by atoms with van der Waals surface area (Å²) in [6, 6.07) is 1.13. The van der Waals surface area contributed by atoms with Gasteiger partial charge in [-0.25, -0.2) is 4.39 Å². The molecule has 3 aliphatic heterocycles. The maximum absolute atomic E-state index is 15.3. The number of carbonyl (C=O) groups is 1. The van der Waals surface area contributed by atoms with Gasteiger partial charge in [0.15, 0.2) is 5.82 Å². The van der Waals surface area contributed by atoms with Crippen LogP contribution in [0.3, 0.4) is 0 Å². The van der Waals surface area contributed by atoms with E-state index in [1.54, 1.807) is 4.90 Å². The number of alkyl halides is 3. The fourth-order valence-electron chi connectivity index (χ4n) is 6.22. The van der Waals surface area contributed by atoms with Crippen molar-refractivity contribution in [2.45, 2.75) is 64.1 Å². The summed E-state index contributed by atoms with van der Waals surface area (Å²) in [5, 5.41) is 0. The van der Waals surface area contributed by atoms with E-state index in [2.05, 4.69) is 16.5 Å². The van der Waals surface area contributed by atoms with E-state index >= 15 is 4.39 Å². The fraction of sp³-hybridized carbons (Fsp3) is 0.552. The van der Waals surface area contributed by atoms with Crippen molar-refractivity contribution in [3.8, 4) is 6.01 Å². The highest BCUT2D eigenvalue weighted by Crippen LogP contribution is 2.44. The molecular weight excluding hydrogens is 556 g/mol. The van der Waals surface area contributed by atoms with Gasteiger partial charge in [0.05, 0.1) is 29.7 Å². The van der Waals surface area contributed by atoms with E-state index in [1.807, 2.05) is 18.9 Å². The van der Waals surface area contributed by atoms with Crippen LogP contribution in [0.4, 0.5) is 29.1 Å². The number of fused-ring (bicyclic) bond motifs is 1. The Morgan fingerprint density at radius 1 is 1.29 bits per heavy atom. The number of likely N-dealkylation sites (N-methyl/N-ethyl adjacent to an activating group) is 1. The number of nitrogen functional groups attached to an aromatic ring is 1. The number of anilines is 2. The number of aryl methyl sites for hydroxylation is 1. The number of nitrogens with two attached hydrogens (primary N) is 1. The third-order valence-electron chi connectivity index (χ3n) is 8.45. The number of likely N-dealkylation sites (tertiary alicyclic amines) is 1. The van der Waals surface area contributed by atoms with E-state index in [-0.39, 0.29) is 48.3 Å². The molecule has 228 valence electrons. The molecule has 1 amide bonds. The molecule has 2 aromatic rings. The number of carbonyl (C=O) groups excluding carboxylic acids is 1. The zero-order valence-corrected chi connectivity index (χ0v) is 24.0. The van der Waals surface area contributed by atoms with Gasteiger partial charge in [0.2, 0.25) is 5.91 Å². The quantitative estimate of drug-likeness (QED) is 0.305. The Bertz CT molecular complexity index is 1370. The summed E-state index contributed by atoms with van der Waals surface area (Å²) in [4.78, 5) is 27.5. The average Bonchev–Trinajstić information content (AvgIpc) is 3.36. The number of piperazine rings is 1. The number of ether oxygens (including phenoxy) is 2. The van der Waals surface area contributed by atoms with Crippen molar-refractivity contribution in [2.75, 3.05) is 50.5 Å². The van der Waals surface area contributed by atoms with Gasteiger partial charge >= 0.3 is 12.2 Å². The molecule has 0 aliphatic carbocycles. The third-order valence-corrected chi connectivity index (χ3v) is 8.45. The van der Waals surface area contributed by atoms with Gasteiger partial charge in [0.1, 0.15) is 12.4 Å². The van der Waals surface area contributed by atoms with E-state index in [9.17, 15) is 18.0 Å². The van der Waals surface area contributed by atoms with Crippen LogP contribution < -0.4 is 15.4 Å². The summed E-state index contributed by atoms with van der Waals surface area (Å²) in [6.45, 7) is 9.28. The van der Waals surface area contributed by atoms with Crippen molar-refractivity contribution < 1.29 is 31.8 Å². The Balaban J connectivity index is 1.51. The number of hydrogen-bond donors (Lipinski definition) is 1. The minimum atomic E-state index is -4.81. The van der Waals surface area contributed by atoms with Crippen LogP contribution in [0.25, 0.3) is 0 Å². The largest absolute Gasteiger partial charge is 0.462 e. The van der Waals surface area contributed by atoms with Gasteiger partial charge in [-0.2, -0.15) is 23.1 Å². The predicted molar refractivity (Wildman–Crippen MR) is 149 cm³/mol. The second kappa shape index (κ2) is 11.7. The molecular formula is C29H36F4N6O3. The SMILES string of the molecule is C=CC(=O)N1CCN(c2nc(OC[C@@H]3CCCN3C)nc3c2CO[C@H](c2c(F)c(N)cc(C)c2C(F)(F)F)C3)C[C@H]1C. The highest BCUT2D eigenvalue weighted by Gasteiger charge is 2.42. The predicted octanol–water partition coefficient (Wildman–Crippen LogP) is 4.04. The van der Waals surface area contributed by atoms with Crippen LogP contribution in [0.1, 0.15) is 53.8 Å². The number of halogens is 4. The molecule has 3 atom stereocenters. The number of amides is 1. The summed E-state index contributed by atoms with van der Waals surface area (Å²) in [5.74, 6) is -0.776. The second-order valence-corrected chi connectivity index (χ2v) is 11.3. The fourth-order valence-corrected chi connectivity index (χ4v) is 6.22. The first-order valence-corrected chi connectivity index (χ1v) is 14.1. The normalized spacial score (nSPS) is 23.2. The van der Waals surface area contributed by atoms with Gasteiger partial charge in [-0.05, 0) is 58.0 Å². The van der Waals surface area contributed by atoms with Crippen LogP contribution >= 0.6 is 0 Å². The average molecular weight is 593 g/mol. The Labute approximate surface area is 242 Å². The molecule has 0 saturated carbocycles. The Kier molecular flexibility index (Phi) is 8.35. The maximum atomic E-state index is 15.3. The van der Waals surface area contributed by atoms with Crippen molar-refractivity contribution in [2.24, 2.45) is 0 Å². The van der Waals surface area contributed by atoms with Crippen molar-refractivity contribution in [3.63, 3.8) is 0 Å². The van der Waals surface area contributed by atoms with Gasteiger partial charge in [-0.1, -0.05) is 6.58 Å². The van der Waals surface area contributed by atoms with E-state index in [0.29, 0.717) is 43.3 Å². The molecule has 13 heteroatoms. The van der Waals surface area contributed by atoms with Gasteiger partial charge in [-0.3, -0.25) is 4.79 Å². The van der Waals surface area contributed by atoms with Crippen molar-refractivity contribution in [1.29, 1.82) is 0 Å². The van der Waals surface area contributed by atoms with E-state index in [1.165, 1.54) is 13.0 Å². The first-order chi connectivity index (χ1) is 19.9. The van der Waals surface area contributed by atoms with Crippen LogP contribution in [-0.4, -0.2) is 77.6 Å². The molecule has 2 fully saturated rings. The molecule has 0 bridgehead atoms. The lowest BCUT2D eigenvalue weighted by molar-refractivity contribution is -0.140. The summed E-state index contributed by atoms with van der Waals surface area (Å²) in [6.07, 6.45) is -2.90. The van der Waals surface area contributed by atoms with Crippen molar-refractivity contribution in [1.82, 2.24) is 19.8 Å². The molecule has 0 unspecified atom stereocenters. The van der Waals surface area contributed by atoms with Gasteiger partial charge in [-0.15, -0.1) is 0 Å². The lowest BCUT2D eigenvalue weighted by Gasteiger charge is -2.41. The van der Waals surface area contributed by atoms with E-state index < -0.39 is 29.2 Å². The lowest BCUT2D eigenvalue weighted by atomic mass is 9.91. The molecule has 4 heterocycles. The molecule has 2 saturated heterocycles. The Hall–Kier alpha value is -3.45. The minimum Gasteiger partial charge on any atom is -0.462 e. The van der Waals surface area contributed by atoms with Gasteiger partial charge in [0, 0.05) is 49.3 Å². The Morgan fingerprint density at radius 2 is 2.05 bits per heavy atom. The first-order valence-electron chi connectivity index (χ1n) is 14.1. The minimum absolute atomic E-state index is 0.0993. The number of hydrogen-bond acceptors (Lipinski definition) is 8. The number of aromatic nitrogens is 2. The molecule has 5 rings (SSSR count). The highest BCUT2D eigenvalue weighted by atomic mass is 19.4. The molecule has 1 aromatic heterocycles. The van der Waals surface area contributed by atoms with Crippen LogP contribution in [0.2, 0.25) is 0 Å². The Morgan fingerprint density at radius 3 is 2.69 bits per heavy atom. The summed E-state index contributed by atoms with van der Waals surface area (Å²) >= 11 is 0. The van der Waals surface area contributed by atoms with Crippen LogP contribution in [0.15, 0.2) is 18.7 Å². The number of rotatable bonds is 6. The first kappa shape index (κ1) is 30.0. The summed E-state index contributed by atoms with van der Waals surface area (Å²) in [5.41, 5.74) is 4.52. The van der Waals surface area contributed by atoms with Gasteiger partial charge < -0.3 is 29.9 Å². The zero-order valence-electron chi connectivity index (χ0n) is 24.0. The molecule has 2 N–H and O–H groups in total. The van der Waals surface area contributed by atoms with Crippen LogP contribution in [-0.2, 0) is 28.7 Å². The van der Waals surface area contributed by atoms with Crippen LogP contribution in [0.5, 0.6) is 6.01 Å². The standard InChI is InChI=1S/C29H36F4N6O3/c1-5-23(40)39-10-9-38(13-17(39)3)27-19-15-41-22(24-25(29(31,32)33)16(2)11-20(34)26(24)30)12-21(19)35-28(36-27)42-14-18-7-6-8-37(18)4/h5,11,17-18,22H,1,6-10,12-15,34H2,2-4H3/t17-,18+,22+/m1/s1. The molecule has 3 aliphatic rings. The summed E-state index contributed by atoms with van der Waals surface area (Å²) in [7, 11) is 2.02. The molecule has 0 spiro atoms. The zero-order chi connectivity index (χ0) is 30.3. The monoisotopic (exact) mass is 592 g/mol. The lowest BCUT2D eigenvalue weighted by Crippen LogP contribution is -2.54. The van der Waals surface area contributed by atoms with Crippen molar-refractivity contribution in [3.05, 3.63) is 52.5 Å². The number of benzene rings is 1. The summed E-state index contributed by atoms with van der Waals surface area (Å²) < 4.78 is 69.6.